The van der Waals surface area contributed by atoms with E-state index in [0.29, 0.717) is 30.5 Å². The Morgan fingerprint density at radius 2 is 1.90 bits per heavy atom. The smallest absolute Gasteiger partial charge is 0.391 e. The second kappa shape index (κ2) is 10.8. The van der Waals surface area contributed by atoms with E-state index in [1.807, 2.05) is 13.0 Å². The molecule has 2 aliphatic rings. The minimum atomic E-state index is -4.58. The van der Waals surface area contributed by atoms with Crippen LogP contribution in [0.25, 0.3) is 11.8 Å². The second-order valence-electron chi connectivity index (χ2n) is 10.9. The number of hydrogen-bond donors (Lipinski definition) is 1. The van der Waals surface area contributed by atoms with Crippen molar-refractivity contribution in [3.8, 4) is 5.69 Å². The van der Waals surface area contributed by atoms with Crippen LogP contribution in [0.2, 0.25) is 0 Å². The first kappa shape index (κ1) is 28.0. The fraction of sp³-hybridized carbons (Fsp3) is 0.400. The molecule has 2 aromatic carbocycles. The standard InChI is InChI=1S/C30H30F5N3O2/c1-29-15-20-17-36-38(23-9-7-22(31)8-10-23)27(20)14-21(29)6-11-25(29)28(40)37(18-24(39)16-30(33,34)35)13-12-19-4-2-3-5-26(19)32/h2-5,7-10,14,17,24-25,39H,6,11-13,15-16,18H2,1H3/t24?,25-,29+/m1/s1. The molecular weight excluding hydrogens is 529 g/mol. The van der Waals surface area contributed by atoms with Crippen LogP contribution in [0.15, 0.2) is 60.3 Å². The molecule has 1 aromatic heterocycles. The summed E-state index contributed by atoms with van der Waals surface area (Å²) in [6, 6.07) is 12.0. The number of nitrogens with zero attached hydrogens (tertiary/aromatic N) is 3. The van der Waals surface area contributed by atoms with Crippen molar-refractivity contribution in [2.75, 3.05) is 13.1 Å². The molecule has 1 fully saturated rings. The number of allylic oxidation sites excluding steroid dienone is 1. The number of carbonyl (C=O) groups is 1. The first-order valence-corrected chi connectivity index (χ1v) is 13.3. The number of amides is 1. The molecule has 1 unspecified atom stereocenters. The van der Waals surface area contributed by atoms with Crippen LogP contribution in [0.1, 0.15) is 43.0 Å². The van der Waals surface area contributed by atoms with E-state index >= 15 is 0 Å². The molecule has 212 valence electrons. The van der Waals surface area contributed by atoms with Gasteiger partial charge in [-0.15, -0.1) is 0 Å². The molecule has 1 amide bonds. The maximum absolute atomic E-state index is 14.3. The lowest BCUT2D eigenvalue weighted by Crippen LogP contribution is -2.46. The lowest BCUT2D eigenvalue weighted by Gasteiger charge is -2.38. The van der Waals surface area contributed by atoms with Gasteiger partial charge in [-0.1, -0.05) is 30.7 Å². The van der Waals surface area contributed by atoms with Gasteiger partial charge < -0.3 is 10.0 Å². The Morgan fingerprint density at radius 3 is 2.60 bits per heavy atom. The molecule has 2 aliphatic carbocycles. The number of aromatic nitrogens is 2. The molecular formula is C30H30F5N3O2. The van der Waals surface area contributed by atoms with Crippen molar-refractivity contribution >= 4 is 12.0 Å². The molecule has 0 radical (unpaired) electrons. The third-order valence-corrected chi connectivity index (χ3v) is 8.15. The SMILES string of the molecule is C[C@]12Cc3cnn(-c4ccc(F)cc4)c3C=C1CC[C@@H]2C(=O)N(CCc1ccccc1F)CC(O)CC(F)(F)F. The summed E-state index contributed by atoms with van der Waals surface area (Å²) in [5.41, 5.74) is 3.25. The summed E-state index contributed by atoms with van der Waals surface area (Å²) in [7, 11) is 0. The van der Waals surface area contributed by atoms with Gasteiger partial charge in [0.1, 0.15) is 11.6 Å². The molecule has 40 heavy (non-hydrogen) atoms. The molecule has 5 nitrogen and oxygen atoms in total. The fourth-order valence-electron chi connectivity index (χ4n) is 6.08. The van der Waals surface area contributed by atoms with E-state index in [-0.39, 0.29) is 24.7 Å². The summed E-state index contributed by atoms with van der Waals surface area (Å²) >= 11 is 0. The Bertz CT molecular complexity index is 1420. The van der Waals surface area contributed by atoms with Gasteiger partial charge >= 0.3 is 6.18 Å². The van der Waals surface area contributed by atoms with Gasteiger partial charge in [0.15, 0.2) is 0 Å². The number of alkyl halides is 3. The lowest BCUT2D eigenvalue weighted by atomic mass is 9.69. The van der Waals surface area contributed by atoms with Crippen molar-refractivity contribution in [2.24, 2.45) is 11.3 Å². The summed E-state index contributed by atoms with van der Waals surface area (Å²) in [5.74, 6) is -1.69. The Balaban J connectivity index is 1.39. The van der Waals surface area contributed by atoms with Crippen LogP contribution in [0.4, 0.5) is 22.0 Å². The van der Waals surface area contributed by atoms with E-state index in [1.54, 1.807) is 35.1 Å². The number of rotatable bonds is 8. The number of aliphatic hydroxyl groups excluding tert-OH is 1. The summed E-state index contributed by atoms with van der Waals surface area (Å²) in [6.45, 7) is 1.47. The third-order valence-electron chi connectivity index (χ3n) is 8.15. The monoisotopic (exact) mass is 559 g/mol. The Morgan fingerprint density at radius 1 is 1.18 bits per heavy atom. The highest BCUT2D eigenvalue weighted by atomic mass is 19.4. The van der Waals surface area contributed by atoms with E-state index in [1.165, 1.54) is 29.2 Å². The maximum atomic E-state index is 14.3. The molecule has 0 aliphatic heterocycles. The summed E-state index contributed by atoms with van der Waals surface area (Å²) in [5, 5.41) is 14.7. The number of carbonyl (C=O) groups excluding carboxylic acids is 1. The molecule has 1 saturated carbocycles. The zero-order valence-electron chi connectivity index (χ0n) is 22.0. The Hall–Kier alpha value is -3.53. The van der Waals surface area contributed by atoms with E-state index in [0.717, 1.165) is 16.8 Å². The highest BCUT2D eigenvalue weighted by molar-refractivity contribution is 5.82. The average Bonchev–Trinajstić information content (AvgIpc) is 3.44. The number of halogens is 5. The van der Waals surface area contributed by atoms with Gasteiger partial charge in [0.2, 0.25) is 5.91 Å². The third kappa shape index (κ3) is 5.68. The van der Waals surface area contributed by atoms with Crippen LogP contribution in [-0.4, -0.2) is 51.1 Å². The van der Waals surface area contributed by atoms with Crippen molar-refractivity contribution in [3.63, 3.8) is 0 Å². The first-order valence-electron chi connectivity index (χ1n) is 13.3. The molecule has 1 N–H and O–H groups in total. The quantitative estimate of drug-likeness (QED) is 0.350. The first-order chi connectivity index (χ1) is 18.9. The Labute approximate surface area is 228 Å². The summed E-state index contributed by atoms with van der Waals surface area (Å²) in [6.07, 6.45) is -2.36. The zero-order chi connectivity index (χ0) is 28.7. The summed E-state index contributed by atoms with van der Waals surface area (Å²) in [4.78, 5) is 15.2. The molecule has 5 rings (SSSR count). The van der Waals surface area contributed by atoms with Crippen molar-refractivity contribution < 1.29 is 31.9 Å². The molecule has 0 spiro atoms. The van der Waals surface area contributed by atoms with Gasteiger partial charge in [0.05, 0.1) is 30.1 Å². The molecule has 1 heterocycles. The van der Waals surface area contributed by atoms with Gasteiger partial charge in [0, 0.05) is 24.4 Å². The second-order valence-corrected chi connectivity index (χ2v) is 10.9. The van der Waals surface area contributed by atoms with Crippen LogP contribution >= 0.6 is 0 Å². The summed E-state index contributed by atoms with van der Waals surface area (Å²) < 4.78 is 68.4. The van der Waals surface area contributed by atoms with E-state index in [9.17, 15) is 31.9 Å². The number of benzene rings is 2. The highest BCUT2D eigenvalue weighted by Crippen LogP contribution is 2.53. The minimum Gasteiger partial charge on any atom is -0.391 e. The van der Waals surface area contributed by atoms with Crippen LogP contribution in [-0.2, 0) is 17.6 Å². The molecule has 0 saturated heterocycles. The van der Waals surface area contributed by atoms with Gasteiger partial charge in [-0.3, -0.25) is 4.79 Å². The van der Waals surface area contributed by atoms with Crippen LogP contribution < -0.4 is 0 Å². The predicted octanol–water partition coefficient (Wildman–Crippen LogP) is 5.89. The van der Waals surface area contributed by atoms with Crippen molar-refractivity contribution in [1.82, 2.24) is 14.7 Å². The van der Waals surface area contributed by atoms with Crippen LogP contribution in [0.5, 0.6) is 0 Å². The van der Waals surface area contributed by atoms with E-state index in [4.69, 9.17) is 0 Å². The topological polar surface area (TPSA) is 58.4 Å². The van der Waals surface area contributed by atoms with Gasteiger partial charge in [-0.05, 0) is 73.2 Å². The van der Waals surface area contributed by atoms with Gasteiger partial charge in [-0.2, -0.15) is 18.3 Å². The lowest BCUT2D eigenvalue weighted by molar-refractivity contribution is -0.159. The van der Waals surface area contributed by atoms with Crippen LogP contribution in [0, 0.1) is 23.0 Å². The van der Waals surface area contributed by atoms with Crippen molar-refractivity contribution in [3.05, 3.63) is 88.8 Å². The normalized spacial score (nSPS) is 21.0. The number of hydrogen-bond acceptors (Lipinski definition) is 3. The largest absolute Gasteiger partial charge is 0.391 e. The maximum Gasteiger partial charge on any atom is 0.391 e. The molecule has 3 aromatic rings. The van der Waals surface area contributed by atoms with Gasteiger partial charge in [0.25, 0.3) is 0 Å². The average molecular weight is 560 g/mol. The van der Waals surface area contributed by atoms with Crippen molar-refractivity contribution in [1.29, 1.82) is 0 Å². The highest BCUT2D eigenvalue weighted by Gasteiger charge is 2.50. The Kier molecular flexibility index (Phi) is 7.56. The molecule has 10 heteroatoms. The number of aliphatic hydroxyl groups is 1. The molecule has 3 atom stereocenters. The van der Waals surface area contributed by atoms with Gasteiger partial charge in [-0.25, -0.2) is 13.5 Å². The minimum absolute atomic E-state index is 0.0198. The predicted molar refractivity (Wildman–Crippen MR) is 139 cm³/mol. The molecule has 0 bridgehead atoms. The van der Waals surface area contributed by atoms with Crippen molar-refractivity contribution in [2.45, 2.75) is 51.3 Å². The van der Waals surface area contributed by atoms with E-state index in [2.05, 4.69) is 5.10 Å². The van der Waals surface area contributed by atoms with Crippen LogP contribution in [0.3, 0.4) is 0 Å². The fourth-order valence-corrected chi connectivity index (χ4v) is 6.08. The van der Waals surface area contributed by atoms with E-state index < -0.39 is 42.4 Å². The zero-order valence-corrected chi connectivity index (χ0v) is 22.0. The number of fused-ring (bicyclic) bond motifs is 2.